The molecule has 22 heavy (non-hydrogen) atoms. The average molecular weight is 364 g/mol. The maximum atomic E-state index is 13.2. The van der Waals surface area contributed by atoms with Crippen molar-refractivity contribution >= 4 is 16.1 Å². The van der Waals surface area contributed by atoms with Gasteiger partial charge < -0.3 is 6.16 Å². The van der Waals surface area contributed by atoms with E-state index in [9.17, 15) is 35.2 Å². The summed E-state index contributed by atoms with van der Waals surface area (Å²) in [5, 5.41) is -5.67. The van der Waals surface area contributed by atoms with Gasteiger partial charge in [0.1, 0.15) is 0 Å². The predicted molar refractivity (Wildman–Crippen MR) is 60.1 cm³/mol. The largest absolute Gasteiger partial charge is 1.00 e. The summed E-state index contributed by atoms with van der Waals surface area (Å²) in [7, 11) is -6.39. The molecular weight excluding hydrogens is 350 g/mol. The second kappa shape index (κ2) is 7.73. The summed E-state index contributed by atoms with van der Waals surface area (Å²) in [5.41, 5.74) is 0. The van der Waals surface area contributed by atoms with Crippen LogP contribution in [0.3, 0.4) is 0 Å². The predicted octanol–water partition coefficient (Wildman–Crippen LogP) is -0.362. The first kappa shape index (κ1) is 22.0. The van der Waals surface area contributed by atoms with Gasteiger partial charge in [0.25, 0.3) is 6.10 Å². The maximum absolute atomic E-state index is 13.2. The Balaban J connectivity index is 0. The van der Waals surface area contributed by atoms with Crippen molar-refractivity contribution in [3.63, 3.8) is 0 Å². The Labute approximate surface area is 147 Å². The van der Waals surface area contributed by atoms with Crippen molar-refractivity contribution in [2.75, 3.05) is 0 Å². The standard InChI is InChI=1S/C10H13F5O5S.Na.H/c11-9(12,13)8(10(14,15)21(17,18)19)20-7(16)6-4-2-1-3-5-6;;/h6,8H,1-5H2,(H,17,18,19);;/q;+1;-1. The topological polar surface area (TPSA) is 80.7 Å². The number of hydrogen-bond donors (Lipinski definition) is 1. The Hall–Kier alpha value is 0.0300. The molecule has 1 atom stereocenters. The van der Waals surface area contributed by atoms with Gasteiger partial charge in [-0.25, -0.2) is 0 Å². The molecule has 0 amide bonds. The number of hydrogen-bond acceptors (Lipinski definition) is 4. The number of carbonyl (C=O) groups is 1. The molecule has 12 heteroatoms. The van der Waals surface area contributed by atoms with E-state index in [0.29, 0.717) is 12.8 Å². The summed E-state index contributed by atoms with van der Waals surface area (Å²) in [4.78, 5) is 11.5. The zero-order valence-corrected chi connectivity index (χ0v) is 14.4. The number of halogens is 5. The third kappa shape index (κ3) is 5.29. The zero-order chi connectivity index (χ0) is 16.5. The van der Waals surface area contributed by atoms with Crippen molar-refractivity contribution in [1.82, 2.24) is 0 Å². The minimum atomic E-state index is -6.39. The molecule has 1 fully saturated rings. The molecule has 1 aliphatic rings. The molecule has 1 saturated carbocycles. The van der Waals surface area contributed by atoms with Crippen LogP contribution < -0.4 is 29.6 Å². The summed E-state index contributed by atoms with van der Waals surface area (Å²) < 4.78 is 96.7. The van der Waals surface area contributed by atoms with Crippen molar-refractivity contribution in [3.8, 4) is 0 Å². The zero-order valence-electron chi connectivity index (χ0n) is 12.6. The molecule has 0 radical (unpaired) electrons. The Morgan fingerprint density at radius 1 is 1.14 bits per heavy atom. The van der Waals surface area contributed by atoms with Crippen LogP contribution in [0.2, 0.25) is 0 Å². The van der Waals surface area contributed by atoms with Crippen molar-refractivity contribution < 1.29 is 75.4 Å². The molecule has 0 aromatic carbocycles. The van der Waals surface area contributed by atoms with Crippen LogP contribution in [0.1, 0.15) is 33.5 Å². The first-order chi connectivity index (χ1) is 9.37. The van der Waals surface area contributed by atoms with E-state index in [4.69, 9.17) is 4.55 Å². The van der Waals surface area contributed by atoms with Crippen molar-refractivity contribution in [3.05, 3.63) is 0 Å². The van der Waals surface area contributed by atoms with Gasteiger partial charge in [-0.15, -0.1) is 0 Å². The third-order valence-corrected chi connectivity index (χ3v) is 4.02. The van der Waals surface area contributed by atoms with Gasteiger partial charge in [0.2, 0.25) is 0 Å². The minimum absolute atomic E-state index is 0. The second-order valence-electron chi connectivity index (χ2n) is 4.73. The van der Waals surface area contributed by atoms with E-state index >= 15 is 0 Å². The van der Waals surface area contributed by atoms with Gasteiger partial charge in [0.05, 0.1) is 5.92 Å². The number of ether oxygens (including phenoxy) is 1. The monoisotopic (exact) mass is 364 g/mol. The van der Waals surface area contributed by atoms with Gasteiger partial charge >= 0.3 is 57.1 Å². The fourth-order valence-corrected chi connectivity index (χ4v) is 2.46. The molecule has 0 bridgehead atoms. The van der Waals surface area contributed by atoms with Crippen LogP contribution in [-0.2, 0) is 19.6 Å². The summed E-state index contributed by atoms with van der Waals surface area (Å²) in [6.45, 7) is 0. The van der Waals surface area contributed by atoms with Crippen LogP contribution in [0.5, 0.6) is 0 Å². The SMILES string of the molecule is O=C(OC(C(F)(F)F)C(F)(F)S(=O)(=O)O)C1CCCCC1.[H-].[Na+]. The van der Waals surface area contributed by atoms with Gasteiger partial charge in [-0.3, -0.25) is 9.35 Å². The normalized spacial score (nSPS) is 19.2. The van der Waals surface area contributed by atoms with Crippen LogP contribution in [-0.4, -0.2) is 36.5 Å². The van der Waals surface area contributed by atoms with Crippen molar-refractivity contribution in [2.45, 2.75) is 49.6 Å². The van der Waals surface area contributed by atoms with E-state index in [1.165, 1.54) is 0 Å². The van der Waals surface area contributed by atoms with Crippen LogP contribution in [0.4, 0.5) is 22.0 Å². The maximum Gasteiger partial charge on any atom is 1.00 e. The molecule has 126 valence electrons. The molecule has 1 unspecified atom stereocenters. The molecule has 0 aliphatic heterocycles. The van der Waals surface area contributed by atoms with Crippen molar-refractivity contribution in [2.24, 2.45) is 5.92 Å². The Bertz CT molecular complexity index is 492. The number of carbonyl (C=O) groups excluding carboxylic acids is 1. The number of esters is 1. The van der Waals surface area contributed by atoms with Gasteiger partial charge in [-0.1, -0.05) is 19.3 Å². The van der Waals surface area contributed by atoms with E-state index in [-0.39, 0.29) is 43.8 Å². The Morgan fingerprint density at radius 3 is 1.95 bits per heavy atom. The average Bonchev–Trinajstić information content (AvgIpc) is 2.33. The molecule has 5 nitrogen and oxygen atoms in total. The summed E-state index contributed by atoms with van der Waals surface area (Å²) in [6.07, 6.45) is -7.90. The minimum Gasteiger partial charge on any atom is -1.00 e. The summed E-state index contributed by atoms with van der Waals surface area (Å²) in [5.74, 6) is -2.53. The van der Waals surface area contributed by atoms with Crippen LogP contribution in [0.25, 0.3) is 0 Å². The van der Waals surface area contributed by atoms with Crippen LogP contribution in [0, 0.1) is 5.92 Å². The summed E-state index contributed by atoms with van der Waals surface area (Å²) >= 11 is 0. The fourth-order valence-electron chi connectivity index (χ4n) is 2.01. The molecule has 0 heterocycles. The van der Waals surface area contributed by atoms with E-state index in [0.717, 1.165) is 6.42 Å². The molecule has 1 aliphatic carbocycles. The van der Waals surface area contributed by atoms with Gasteiger partial charge in [0, 0.05) is 0 Å². The number of rotatable bonds is 4. The Morgan fingerprint density at radius 2 is 1.59 bits per heavy atom. The fraction of sp³-hybridized carbons (Fsp3) is 0.900. The first-order valence-electron chi connectivity index (χ1n) is 5.99. The van der Waals surface area contributed by atoms with Gasteiger partial charge in [0.15, 0.2) is 0 Å². The van der Waals surface area contributed by atoms with E-state index < -0.39 is 39.5 Å². The van der Waals surface area contributed by atoms with E-state index in [1.807, 2.05) is 0 Å². The molecule has 0 aromatic heterocycles. The van der Waals surface area contributed by atoms with E-state index in [2.05, 4.69) is 4.74 Å². The first-order valence-corrected chi connectivity index (χ1v) is 7.43. The van der Waals surface area contributed by atoms with E-state index in [1.54, 1.807) is 0 Å². The van der Waals surface area contributed by atoms with Crippen LogP contribution >= 0.6 is 0 Å². The molecule has 0 aromatic rings. The van der Waals surface area contributed by atoms with Gasteiger partial charge in [-0.2, -0.15) is 30.4 Å². The molecule has 1 N–H and O–H groups in total. The molecule has 0 saturated heterocycles. The molecular formula is C10H14F5NaO5S. The smallest absolute Gasteiger partial charge is 1.00 e. The summed E-state index contributed by atoms with van der Waals surface area (Å²) in [6, 6.07) is 0. The second-order valence-corrected chi connectivity index (χ2v) is 6.22. The van der Waals surface area contributed by atoms with Crippen molar-refractivity contribution in [1.29, 1.82) is 0 Å². The quantitative estimate of drug-likeness (QED) is 0.319. The molecule has 1 rings (SSSR count). The van der Waals surface area contributed by atoms with Crippen LogP contribution in [0.15, 0.2) is 0 Å². The van der Waals surface area contributed by atoms with Gasteiger partial charge in [-0.05, 0) is 12.8 Å². The number of alkyl halides is 5. The molecule has 0 spiro atoms. The Kier molecular flexibility index (Phi) is 7.74. The third-order valence-electron chi connectivity index (χ3n) is 3.12.